The van der Waals surface area contributed by atoms with Crippen molar-refractivity contribution in [1.82, 2.24) is 15.0 Å². The van der Waals surface area contributed by atoms with Gasteiger partial charge in [0.1, 0.15) is 11.8 Å². The van der Waals surface area contributed by atoms with Crippen molar-refractivity contribution in [3.8, 4) is 17.6 Å². The SMILES string of the molecule is COc1cc(NC(=O)CSc2nc3c(C)c(C#N)ncc3[nH]2)ccc1O[P+](=O)O. The standard InChI is InChI=1S/C17H14N5O5PS/c1-9-11(6-18)19-7-12-16(9)22-17(21-12)29-8-15(23)20-10-3-4-13(27-28(24)25)14(5-10)26-2/h3-5,7H,8H2,1-2H3,(H2-,19,20,21,22,23,24,25)/p+1. The van der Waals surface area contributed by atoms with Crippen molar-refractivity contribution in [1.29, 1.82) is 5.26 Å². The molecule has 0 aliphatic rings. The lowest BCUT2D eigenvalue weighted by Crippen LogP contribution is -2.14. The molecule has 0 saturated carbocycles. The van der Waals surface area contributed by atoms with E-state index in [0.717, 1.165) is 0 Å². The molecule has 148 valence electrons. The second-order valence-electron chi connectivity index (χ2n) is 5.68. The van der Waals surface area contributed by atoms with Crippen LogP contribution in [0.2, 0.25) is 0 Å². The average molecular weight is 432 g/mol. The highest BCUT2D eigenvalue weighted by Gasteiger charge is 2.19. The lowest BCUT2D eigenvalue weighted by molar-refractivity contribution is -0.113. The fourth-order valence-electron chi connectivity index (χ4n) is 2.50. The summed E-state index contributed by atoms with van der Waals surface area (Å²) in [7, 11) is -1.45. The van der Waals surface area contributed by atoms with E-state index in [1.807, 2.05) is 6.07 Å². The Morgan fingerprint density at radius 1 is 1.45 bits per heavy atom. The minimum absolute atomic E-state index is 0.0838. The first-order valence-corrected chi connectivity index (χ1v) is 10.2. The van der Waals surface area contributed by atoms with E-state index in [0.29, 0.717) is 33.1 Å². The van der Waals surface area contributed by atoms with Gasteiger partial charge in [0, 0.05) is 21.9 Å². The largest absolute Gasteiger partial charge is 0.747 e. The number of aromatic nitrogens is 3. The molecule has 0 bridgehead atoms. The molecule has 10 nitrogen and oxygen atoms in total. The van der Waals surface area contributed by atoms with Crippen LogP contribution in [0.15, 0.2) is 29.6 Å². The van der Waals surface area contributed by atoms with Crippen molar-refractivity contribution in [2.24, 2.45) is 0 Å². The van der Waals surface area contributed by atoms with Crippen molar-refractivity contribution in [3.05, 3.63) is 35.7 Å². The average Bonchev–Trinajstić information content (AvgIpc) is 3.11. The van der Waals surface area contributed by atoms with E-state index >= 15 is 0 Å². The molecule has 29 heavy (non-hydrogen) atoms. The van der Waals surface area contributed by atoms with Crippen molar-refractivity contribution >= 4 is 42.6 Å². The highest BCUT2D eigenvalue weighted by molar-refractivity contribution is 7.99. The van der Waals surface area contributed by atoms with Crippen LogP contribution in [0.1, 0.15) is 11.3 Å². The number of aryl methyl sites for hydroxylation is 1. The number of anilines is 1. The zero-order valence-electron chi connectivity index (χ0n) is 15.3. The predicted molar refractivity (Wildman–Crippen MR) is 106 cm³/mol. The maximum absolute atomic E-state index is 12.2. The monoisotopic (exact) mass is 432 g/mol. The van der Waals surface area contributed by atoms with E-state index in [2.05, 4.69) is 20.3 Å². The molecule has 0 aliphatic carbocycles. The van der Waals surface area contributed by atoms with Crippen LogP contribution in [0.4, 0.5) is 5.69 Å². The second-order valence-corrected chi connectivity index (χ2v) is 7.30. The number of nitrogens with zero attached hydrogens (tertiary/aromatic N) is 3. The van der Waals surface area contributed by atoms with Crippen LogP contribution in [-0.4, -0.2) is 38.6 Å². The van der Waals surface area contributed by atoms with Gasteiger partial charge in [0.05, 0.1) is 30.1 Å². The number of carbonyl (C=O) groups is 1. The smallest absolute Gasteiger partial charge is 0.493 e. The van der Waals surface area contributed by atoms with Gasteiger partial charge < -0.3 is 15.0 Å². The molecule has 0 aliphatic heterocycles. The summed E-state index contributed by atoms with van der Waals surface area (Å²) in [6, 6.07) is 6.45. The number of pyridine rings is 1. The second kappa shape index (κ2) is 8.87. The number of benzene rings is 1. The van der Waals surface area contributed by atoms with Crippen molar-refractivity contribution in [2.45, 2.75) is 12.1 Å². The number of rotatable bonds is 7. The number of ether oxygens (including phenoxy) is 1. The molecule has 1 atom stereocenters. The van der Waals surface area contributed by atoms with Crippen LogP contribution in [-0.2, 0) is 9.36 Å². The normalized spacial score (nSPS) is 11.0. The summed E-state index contributed by atoms with van der Waals surface area (Å²) in [5, 5.41) is 12.3. The Bertz CT molecular complexity index is 1140. The first kappa shape index (κ1) is 20.5. The molecule has 0 radical (unpaired) electrons. The fraction of sp³-hybridized carbons (Fsp3) is 0.176. The number of nitrogens with one attached hydrogen (secondary N) is 2. The Morgan fingerprint density at radius 2 is 2.24 bits per heavy atom. The molecule has 3 N–H and O–H groups in total. The maximum Gasteiger partial charge on any atom is 0.747 e. The van der Waals surface area contributed by atoms with E-state index < -0.39 is 8.25 Å². The van der Waals surface area contributed by atoms with Crippen LogP contribution in [0.3, 0.4) is 0 Å². The zero-order valence-corrected chi connectivity index (χ0v) is 17.0. The van der Waals surface area contributed by atoms with Gasteiger partial charge in [-0.15, -0.1) is 4.89 Å². The van der Waals surface area contributed by atoms with E-state index in [-0.39, 0.29) is 23.2 Å². The molecule has 3 aromatic rings. The minimum atomic E-state index is -2.82. The van der Waals surface area contributed by atoms with Crippen LogP contribution in [0.25, 0.3) is 11.0 Å². The van der Waals surface area contributed by atoms with Crippen LogP contribution in [0, 0.1) is 18.3 Å². The number of methoxy groups -OCH3 is 1. The van der Waals surface area contributed by atoms with Gasteiger partial charge in [-0.25, -0.2) is 14.5 Å². The molecular formula is C17H15N5O5PS+. The number of amides is 1. The molecule has 1 amide bonds. The van der Waals surface area contributed by atoms with Crippen LogP contribution >= 0.6 is 20.0 Å². The van der Waals surface area contributed by atoms with Gasteiger partial charge >= 0.3 is 8.25 Å². The molecule has 2 heterocycles. The fourth-order valence-corrected chi connectivity index (χ4v) is 3.50. The summed E-state index contributed by atoms with van der Waals surface area (Å²) in [6.45, 7) is 1.77. The van der Waals surface area contributed by atoms with Gasteiger partial charge in [0.15, 0.2) is 10.9 Å². The number of thioether (sulfide) groups is 1. The number of imidazole rings is 1. The van der Waals surface area contributed by atoms with Crippen LogP contribution in [0.5, 0.6) is 11.5 Å². The van der Waals surface area contributed by atoms with Gasteiger partial charge in [-0.1, -0.05) is 11.8 Å². The lowest BCUT2D eigenvalue weighted by atomic mass is 10.2. The molecule has 1 aromatic carbocycles. The third kappa shape index (κ3) is 4.81. The van der Waals surface area contributed by atoms with Gasteiger partial charge in [-0.3, -0.25) is 4.79 Å². The van der Waals surface area contributed by atoms with Crippen LogP contribution < -0.4 is 14.6 Å². The first-order chi connectivity index (χ1) is 13.9. The van der Waals surface area contributed by atoms with E-state index in [9.17, 15) is 9.36 Å². The molecule has 0 saturated heterocycles. The molecule has 0 spiro atoms. The number of hydrogen-bond acceptors (Lipinski definition) is 8. The van der Waals surface area contributed by atoms with E-state index in [4.69, 9.17) is 19.4 Å². The summed E-state index contributed by atoms with van der Waals surface area (Å²) in [5.74, 6) is 0.0976. The zero-order chi connectivity index (χ0) is 21.0. The highest BCUT2D eigenvalue weighted by Crippen LogP contribution is 2.35. The third-order valence-electron chi connectivity index (χ3n) is 3.81. The Balaban J connectivity index is 1.66. The molecule has 3 rings (SSSR count). The highest BCUT2D eigenvalue weighted by atomic mass is 32.2. The Labute approximate surface area is 170 Å². The number of H-pyrrole nitrogens is 1. The van der Waals surface area contributed by atoms with E-state index in [1.165, 1.54) is 43.3 Å². The third-order valence-corrected chi connectivity index (χ3v) is 5.04. The van der Waals surface area contributed by atoms with Gasteiger partial charge in [-0.2, -0.15) is 5.26 Å². The van der Waals surface area contributed by atoms with Gasteiger partial charge in [0.2, 0.25) is 11.7 Å². The Kier molecular flexibility index (Phi) is 6.29. The summed E-state index contributed by atoms with van der Waals surface area (Å²) in [5.41, 5.74) is 2.76. The summed E-state index contributed by atoms with van der Waals surface area (Å²) < 4.78 is 20.6. The van der Waals surface area contributed by atoms with E-state index in [1.54, 1.807) is 6.92 Å². The van der Waals surface area contributed by atoms with Gasteiger partial charge in [0.25, 0.3) is 0 Å². The quantitative estimate of drug-likeness (QED) is 0.378. The number of fused-ring (bicyclic) bond motifs is 1. The Hall–Kier alpha value is -3.19. The molecule has 0 fully saturated rings. The molecule has 1 unspecified atom stereocenters. The molecule has 2 aromatic heterocycles. The molecule has 12 heteroatoms. The summed E-state index contributed by atoms with van der Waals surface area (Å²) >= 11 is 1.20. The topological polar surface area (TPSA) is 150 Å². The maximum atomic E-state index is 12.2. The number of hydrogen-bond donors (Lipinski definition) is 3. The first-order valence-electron chi connectivity index (χ1n) is 8.11. The van der Waals surface area contributed by atoms with Gasteiger partial charge in [-0.05, 0) is 19.1 Å². The lowest BCUT2D eigenvalue weighted by Gasteiger charge is -2.08. The number of aromatic amines is 1. The van der Waals surface area contributed by atoms with Crippen molar-refractivity contribution < 1.29 is 23.5 Å². The number of carbonyl (C=O) groups excluding carboxylic acids is 1. The Morgan fingerprint density at radius 3 is 2.93 bits per heavy atom. The minimum Gasteiger partial charge on any atom is -0.493 e. The summed E-state index contributed by atoms with van der Waals surface area (Å²) in [6.07, 6.45) is 1.54. The number of nitriles is 1. The van der Waals surface area contributed by atoms with Crippen molar-refractivity contribution in [2.75, 3.05) is 18.2 Å². The predicted octanol–water partition coefficient (Wildman–Crippen LogP) is 2.91. The molecular weight excluding hydrogens is 417 g/mol. The van der Waals surface area contributed by atoms with Crippen molar-refractivity contribution in [3.63, 3.8) is 0 Å². The summed E-state index contributed by atoms with van der Waals surface area (Å²) in [4.78, 5) is 32.6.